The van der Waals surface area contributed by atoms with E-state index >= 15 is 0 Å². The Morgan fingerprint density at radius 3 is 2.79 bits per heavy atom. The van der Waals surface area contributed by atoms with E-state index in [0.29, 0.717) is 5.28 Å². The first kappa shape index (κ1) is 9.74. The van der Waals surface area contributed by atoms with E-state index in [2.05, 4.69) is 25.9 Å². The lowest BCUT2D eigenvalue weighted by atomic mass is 10.1. The number of rotatable bonds is 1. The van der Waals surface area contributed by atoms with Crippen LogP contribution >= 0.6 is 27.5 Å². The smallest absolute Gasteiger partial charge is 0.200 e. The maximum absolute atomic E-state index is 5.78. The first-order chi connectivity index (χ1) is 6.66. The largest absolute Gasteiger partial charge is 0.332 e. The second kappa shape index (κ2) is 3.75. The van der Waals surface area contributed by atoms with Crippen LogP contribution in [0.1, 0.15) is 5.69 Å². The number of halogens is 2. The molecule has 0 aliphatic heterocycles. The number of H-pyrrole nitrogens is 1. The van der Waals surface area contributed by atoms with Gasteiger partial charge >= 0.3 is 0 Å². The Labute approximate surface area is 95.5 Å². The Morgan fingerprint density at radius 2 is 2.21 bits per heavy atom. The molecule has 0 unspecified atom stereocenters. The Bertz CT molecular complexity index is 465. The van der Waals surface area contributed by atoms with Crippen LogP contribution in [0.3, 0.4) is 0 Å². The molecule has 0 saturated heterocycles. The summed E-state index contributed by atoms with van der Waals surface area (Å²) < 4.78 is 1.04. The molecule has 14 heavy (non-hydrogen) atoms. The topological polar surface area (TPSA) is 28.7 Å². The molecule has 0 radical (unpaired) electrons. The van der Waals surface area contributed by atoms with Crippen LogP contribution in [0.4, 0.5) is 0 Å². The zero-order chi connectivity index (χ0) is 10.1. The molecule has 0 fully saturated rings. The van der Waals surface area contributed by atoms with Gasteiger partial charge in [0.1, 0.15) is 0 Å². The highest BCUT2D eigenvalue weighted by molar-refractivity contribution is 9.10. The molecule has 0 amide bonds. The lowest BCUT2D eigenvalue weighted by Crippen LogP contribution is -1.80. The molecular weight excluding hydrogens is 263 g/mol. The summed E-state index contributed by atoms with van der Waals surface area (Å²) in [5.74, 6) is 0. The Morgan fingerprint density at radius 1 is 1.43 bits per heavy atom. The molecule has 2 nitrogen and oxygen atoms in total. The van der Waals surface area contributed by atoms with Crippen molar-refractivity contribution in [3.05, 3.63) is 39.7 Å². The number of nitrogens with zero attached hydrogens (tertiary/aromatic N) is 1. The third-order valence-corrected chi connectivity index (χ3v) is 2.63. The fourth-order valence-corrected chi connectivity index (χ4v) is 1.97. The molecule has 72 valence electrons. The van der Waals surface area contributed by atoms with E-state index in [0.717, 1.165) is 21.4 Å². The van der Waals surface area contributed by atoms with Crippen molar-refractivity contribution in [2.24, 2.45) is 0 Å². The van der Waals surface area contributed by atoms with Gasteiger partial charge in [0, 0.05) is 15.7 Å². The molecule has 2 aromatic rings. The van der Waals surface area contributed by atoms with Crippen molar-refractivity contribution in [1.29, 1.82) is 0 Å². The van der Waals surface area contributed by atoms with Gasteiger partial charge in [0.15, 0.2) is 0 Å². The van der Waals surface area contributed by atoms with Crippen LogP contribution in [0.2, 0.25) is 5.28 Å². The van der Waals surface area contributed by atoms with Gasteiger partial charge in [-0.05, 0) is 30.7 Å². The summed E-state index contributed by atoms with van der Waals surface area (Å²) in [6.45, 7) is 1.95. The van der Waals surface area contributed by atoms with E-state index < -0.39 is 0 Å². The van der Waals surface area contributed by atoms with Crippen LogP contribution in [0.5, 0.6) is 0 Å². The number of nitrogens with one attached hydrogen (secondary N) is 1. The molecule has 1 N–H and O–H groups in total. The van der Waals surface area contributed by atoms with Gasteiger partial charge in [0.2, 0.25) is 5.28 Å². The quantitative estimate of drug-likeness (QED) is 0.839. The first-order valence-corrected chi connectivity index (χ1v) is 5.32. The van der Waals surface area contributed by atoms with Gasteiger partial charge in [-0.25, -0.2) is 4.98 Å². The van der Waals surface area contributed by atoms with E-state index in [1.165, 1.54) is 0 Å². The van der Waals surface area contributed by atoms with Crippen molar-refractivity contribution in [2.45, 2.75) is 6.92 Å². The number of hydrogen-bond acceptors (Lipinski definition) is 1. The van der Waals surface area contributed by atoms with Crippen molar-refractivity contribution in [3.63, 3.8) is 0 Å². The third-order valence-electron chi connectivity index (χ3n) is 1.95. The zero-order valence-corrected chi connectivity index (χ0v) is 9.85. The van der Waals surface area contributed by atoms with Gasteiger partial charge in [-0.2, -0.15) is 0 Å². The van der Waals surface area contributed by atoms with Crippen molar-refractivity contribution in [2.75, 3.05) is 0 Å². The van der Waals surface area contributed by atoms with Gasteiger partial charge in [-0.15, -0.1) is 0 Å². The average molecular weight is 272 g/mol. The molecule has 1 aromatic carbocycles. The van der Waals surface area contributed by atoms with E-state index in [1.54, 1.807) is 0 Å². The van der Waals surface area contributed by atoms with Crippen LogP contribution in [0, 0.1) is 6.92 Å². The lowest BCUT2D eigenvalue weighted by molar-refractivity contribution is 1.25. The van der Waals surface area contributed by atoms with Gasteiger partial charge in [-0.3, -0.25) is 0 Å². The monoisotopic (exact) mass is 270 g/mol. The van der Waals surface area contributed by atoms with Crippen molar-refractivity contribution >= 4 is 27.5 Å². The highest BCUT2D eigenvalue weighted by atomic mass is 79.9. The van der Waals surface area contributed by atoms with Crippen LogP contribution in [-0.2, 0) is 0 Å². The highest BCUT2D eigenvalue weighted by Gasteiger charge is 2.07. The predicted molar refractivity (Wildman–Crippen MR) is 61.5 cm³/mol. The molecule has 0 aliphatic rings. The van der Waals surface area contributed by atoms with Crippen molar-refractivity contribution in [1.82, 2.24) is 9.97 Å². The lowest BCUT2D eigenvalue weighted by Gasteiger charge is -1.98. The fraction of sp³-hybridized carbons (Fsp3) is 0.100. The first-order valence-electron chi connectivity index (χ1n) is 4.15. The molecule has 0 bridgehead atoms. The average Bonchev–Trinajstić information content (AvgIpc) is 2.45. The molecule has 0 atom stereocenters. The van der Waals surface area contributed by atoms with E-state index in [9.17, 15) is 0 Å². The number of hydrogen-bond donors (Lipinski definition) is 1. The molecule has 2 rings (SSSR count). The van der Waals surface area contributed by atoms with Gasteiger partial charge in [0.25, 0.3) is 0 Å². The standard InChI is InChI=1S/C10H8BrClN2/c1-6-9(14-10(12)13-6)7-3-2-4-8(11)5-7/h2-5H,1H3,(H,13,14). The van der Waals surface area contributed by atoms with Crippen molar-refractivity contribution < 1.29 is 0 Å². The predicted octanol–water partition coefficient (Wildman–Crippen LogP) is 3.80. The maximum Gasteiger partial charge on any atom is 0.200 e. The number of benzene rings is 1. The number of aromatic nitrogens is 2. The van der Waals surface area contributed by atoms with Gasteiger partial charge in [0.05, 0.1) is 5.69 Å². The fourth-order valence-electron chi connectivity index (χ4n) is 1.34. The van der Waals surface area contributed by atoms with E-state index in [-0.39, 0.29) is 0 Å². The maximum atomic E-state index is 5.78. The van der Waals surface area contributed by atoms with Crippen LogP contribution < -0.4 is 0 Å². The SMILES string of the molecule is Cc1[nH]c(Cl)nc1-c1cccc(Br)c1. The van der Waals surface area contributed by atoms with E-state index in [1.807, 2.05) is 31.2 Å². The summed E-state index contributed by atoms with van der Waals surface area (Å²) in [4.78, 5) is 7.18. The Kier molecular flexibility index (Phi) is 2.61. The van der Waals surface area contributed by atoms with Gasteiger partial charge in [-0.1, -0.05) is 28.1 Å². The zero-order valence-electron chi connectivity index (χ0n) is 7.51. The minimum atomic E-state index is 0.428. The Balaban J connectivity index is 2.54. The van der Waals surface area contributed by atoms with Crippen LogP contribution in [0.25, 0.3) is 11.3 Å². The van der Waals surface area contributed by atoms with Crippen molar-refractivity contribution in [3.8, 4) is 11.3 Å². The van der Waals surface area contributed by atoms with Crippen LogP contribution in [0.15, 0.2) is 28.7 Å². The minimum Gasteiger partial charge on any atom is -0.332 e. The summed E-state index contributed by atoms with van der Waals surface area (Å²) >= 11 is 9.20. The number of aryl methyl sites for hydroxylation is 1. The summed E-state index contributed by atoms with van der Waals surface area (Å²) in [7, 11) is 0. The molecule has 0 spiro atoms. The molecule has 0 aliphatic carbocycles. The number of aromatic amines is 1. The number of imidazole rings is 1. The summed E-state index contributed by atoms with van der Waals surface area (Å²) in [6.07, 6.45) is 0. The minimum absolute atomic E-state index is 0.428. The molecular formula is C10H8BrClN2. The molecule has 1 aromatic heterocycles. The summed E-state index contributed by atoms with van der Waals surface area (Å²) in [5.41, 5.74) is 2.93. The van der Waals surface area contributed by atoms with Gasteiger partial charge < -0.3 is 4.98 Å². The molecule has 1 heterocycles. The third kappa shape index (κ3) is 1.83. The normalized spacial score (nSPS) is 10.5. The molecule has 0 saturated carbocycles. The van der Waals surface area contributed by atoms with E-state index in [4.69, 9.17) is 11.6 Å². The second-order valence-electron chi connectivity index (χ2n) is 3.01. The highest BCUT2D eigenvalue weighted by Crippen LogP contribution is 2.25. The second-order valence-corrected chi connectivity index (χ2v) is 4.29. The molecule has 4 heteroatoms. The summed E-state index contributed by atoms with van der Waals surface area (Å²) in [5, 5.41) is 0.428. The summed E-state index contributed by atoms with van der Waals surface area (Å²) in [6, 6.07) is 7.97. The van der Waals surface area contributed by atoms with Crippen LogP contribution in [-0.4, -0.2) is 9.97 Å². The Hall–Kier alpha value is -0.800.